The molecule has 0 fully saturated rings. The van der Waals surface area contributed by atoms with Crippen LogP contribution in [0.2, 0.25) is 0 Å². The fourth-order valence-electron chi connectivity index (χ4n) is 1.51. The Bertz CT molecular complexity index is 371. The topological polar surface area (TPSA) is 57.8 Å². The SMILES string of the molecule is C.CCCCc1c(C)nc(NCC)[nH]c1=O. The average Bonchev–Trinajstić information content (AvgIpc) is 2.17. The molecule has 0 spiro atoms. The second-order valence-electron chi connectivity index (χ2n) is 3.61. The molecule has 92 valence electrons. The third kappa shape index (κ3) is 3.68. The van der Waals surface area contributed by atoms with Crippen LogP contribution in [-0.4, -0.2) is 16.5 Å². The zero-order valence-corrected chi connectivity index (χ0v) is 9.68. The lowest BCUT2D eigenvalue weighted by Crippen LogP contribution is -2.19. The summed E-state index contributed by atoms with van der Waals surface area (Å²) in [5.41, 5.74) is 1.65. The van der Waals surface area contributed by atoms with E-state index in [9.17, 15) is 4.79 Å². The minimum atomic E-state index is -0.00750. The maximum Gasteiger partial charge on any atom is 0.255 e. The Morgan fingerprint density at radius 1 is 1.38 bits per heavy atom. The standard InChI is InChI=1S/C11H19N3O.CH4/c1-4-6-7-9-8(3)13-11(12-5-2)14-10(9)15;/h4-7H2,1-3H3,(H2,12,13,14,15);1H4. The van der Waals surface area contributed by atoms with Crippen molar-refractivity contribution in [2.24, 2.45) is 0 Å². The summed E-state index contributed by atoms with van der Waals surface area (Å²) in [4.78, 5) is 18.8. The van der Waals surface area contributed by atoms with Crippen molar-refractivity contribution in [3.63, 3.8) is 0 Å². The Morgan fingerprint density at radius 3 is 2.56 bits per heavy atom. The molecule has 1 aromatic heterocycles. The van der Waals surface area contributed by atoms with Crippen molar-refractivity contribution in [1.29, 1.82) is 0 Å². The Balaban J connectivity index is 0.00000225. The van der Waals surface area contributed by atoms with Crippen LogP contribution in [0.25, 0.3) is 0 Å². The fourth-order valence-corrected chi connectivity index (χ4v) is 1.51. The lowest BCUT2D eigenvalue weighted by Gasteiger charge is -2.07. The predicted molar refractivity (Wildman–Crippen MR) is 69.1 cm³/mol. The highest BCUT2D eigenvalue weighted by molar-refractivity contribution is 5.28. The highest BCUT2D eigenvalue weighted by atomic mass is 16.1. The van der Waals surface area contributed by atoms with Crippen molar-refractivity contribution < 1.29 is 0 Å². The zero-order chi connectivity index (χ0) is 11.3. The number of anilines is 1. The van der Waals surface area contributed by atoms with Gasteiger partial charge < -0.3 is 5.32 Å². The number of aromatic nitrogens is 2. The van der Waals surface area contributed by atoms with E-state index in [0.29, 0.717) is 5.95 Å². The van der Waals surface area contributed by atoms with Crippen LogP contribution in [0.4, 0.5) is 5.95 Å². The Morgan fingerprint density at radius 2 is 2.06 bits per heavy atom. The van der Waals surface area contributed by atoms with E-state index in [1.54, 1.807) is 0 Å². The van der Waals surface area contributed by atoms with Crippen molar-refractivity contribution in [2.45, 2.75) is 47.5 Å². The van der Waals surface area contributed by atoms with E-state index >= 15 is 0 Å². The van der Waals surface area contributed by atoms with Gasteiger partial charge in [-0.2, -0.15) is 0 Å². The molecule has 1 rings (SSSR count). The molecule has 2 N–H and O–H groups in total. The van der Waals surface area contributed by atoms with Crippen LogP contribution in [0.5, 0.6) is 0 Å². The zero-order valence-electron chi connectivity index (χ0n) is 9.68. The molecule has 0 radical (unpaired) electrons. The first kappa shape index (κ1) is 14.7. The molecule has 0 aliphatic rings. The molecule has 16 heavy (non-hydrogen) atoms. The highest BCUT2D eigenvalue weighted by Gasteiger charge is 2.06. The molecule has 0 saturated carbocycles. The molecule has 0 aromatic carbocycles. The molecule has 0 unspecified atom stereocenters. The van der Waals surface area contributed by atoms with Gasteiger partial charge in [-0.3, -0.25) is 9.78 Å². The van der Waals surface area contributed by atoms with Crippen molar-refractivity contribution in [3.8, 4) is 0 Å². The van der Waals surface area contributed by atoms with Crippen LogP contribution in [0.1, 0.15) is 45.4 Å². The van der Waals surface area contributed by atoms with Crippen LogP contribution in [-0.2, 0) is 6.42 Å². The first-order chi connectivity index (χ1) is 7.19. The number of aromatic amines is 1. The van der Waals surface area contributed by atoms with E-state index in [-0.39, 0.29) is 13.0 Å². The van der Waals surface area contributed by atoms with Gasteiger partial charge in [0.1, 0.15) is 0 Å². The Kier molecular flexibility index (Phi) is 6.46. The van der Waals surface area contributed by atoms with Crippen LogP contribution >= 0.6 is 0 Å². The lowest BCUT2D eigenvalue weighted by molar-refractivity contribution is 0.774. The number of nitrogens with zero attached hydrogens (tertiary/aromatic N) is 1. The number of H-pyrrole nitrogens is 1. The quantitative estimate of drug-likeness (QED) is 0.809. The van der Waals surface area contributed by atoms with Gasteiger partial charge in [-0.05, 0) is 26.7 Å². The van der Waals surface area contributed by atoms with E-state index in [2.05, 4.69) is 22.2 Å². The first-order valence-electron chi connectivity index (χ1n) is 5.52. The van der Waals surface area contributed by atoms with Gasteiger partial charge in [0, 0.05) is 17.8 Å². The number of nitrogens with one attached hydrogen (secondary N) is 2. The smallest absolute Gasteiger partial charge is 0.255 e. The second kappa shape index (κ2) is 7.04. The number of rotatable bonds is 5. The van der Waals surface area contributed by atoms with Gasteiger partial charge in [-0.25, -0.2) is 4.98 Å². The van der Waals surface area contributed by atoms with Gasteiger partial charge in [0.15, 0.2) is 0 Å². The predicted octanol–water partition coefficient (Wildman–Crippen LogP) is 2.49. The van der Waals surface area contributed by atoms with Gasteiger partial charge in [0.05, 0.1) is 0 Å². The van der Waals surface area contributed by atoms with Gasteiger partial charge in [-0.1, -0.05) is 20.8 Å². The minimum absolute atomic E-state index is 0. The third-order valence-corrected chi connectivity index (χ3v) is 2.35. The summed E-state index contributed by atoms with van der Waals surface area (Å²) in [6.45, 7) is 6.74. The normalized spacial score (nSPS) is 9.69. The monoisotopic (exact) mass is 225 g/mol. The van der Waals surface area contributed by atoms with Crippen molar-refractivity contribution in [2.75, 3.05) is 11.9 Å². The molecular formula is C12H23N3O. The molecule has 0 amide bonds. The van der Waals surface area contributed by atoms with Crippen LogP contribution < -0.4 is 10.9 Å². The summed E-state index contributed by atoms with van der Waals surface area (Å²) in [5.74, 6) is 0.570. The molecule has 4 nitrogen and oxygen atoms in total. The molecule has 4 heteroatoms. The largest absolute Gasteiger partial charge is 0.356 e. The number of hydrogen-bond donors (Lipinski definition) is 2. The van der Waals surface area contributed by atoms with Crippen molar-refractivity contribution >= 4 is 5.95 Å². The molecule has 0 aliphatic heterocycles. The minimum Gasteiger partial charge on any atom is -0.356 e. The first-order valence-corrected chi connectivity index (χ1v) is 5.52. The third-order valence-electron chi connectivity index (χ3n) is 2.35. The second-order valence-corrected chi connectivity index (χ2v) is 3.61. The average molecular weight is 225 g/mol. The maximum absolute atomic E-state index is 11.7. The van der Waals surface area contributed by atoms with Gasteiger partial charge in [-0.15, -0.1) is 0 Å². The summed E-state index contributed by atoms with van der Waals surface area (Å²) < 4.78 is 0. The van der Waals surface area contributed by atoms with E-state index in [4.69, 9.17) is 0 Å². The molecular weight excluding hydrogens is 202 g/mol. The molecule has 0 saturated heterocycles. The molecule has 0 atom stereocenters. The van der Waals surface area contributed by atoms with Crippen LogP contribution in [0.3, 0.4) is 0 Å². The van der Waals surface area contributed by atoms with Crippen LogP contribution in [0, 0.1) is 6.92 Å². The summed E-state index contributed by atoms with van der Waals surface area (Å²) in [7, 11) is 0. The summed E-state index contributed by atoms with van der Waals surface area (Å²) in [5, 5.41) is 3.01. The van der Waals surface area contributed by atoms with E-state index in [1.165, 1.54) is 0 Å². The lowest BCUT2D eigenvalue weighted by atomic mass is 10.1. The van der Waals surface area contributed by atoms with Crippen molar-refractivity contribution in [3.05, 3.63) is 21.6 Å². The van der Waals surface area contributed by atoms with Gasteiger partial charge >= 0.3 is 0 Å². The van der Waals surface area contributed by atoms with Gasteiger partial charge in [0.2, 0.25) is 5.95 Å². The Hall–Kier alpha value is -1.32. The number of unbranched alkanes of at least 4 members (excludes halogenated alkanes) is 1. The summed E-state index contributed by atoms with van der Waals surface area (Å²) >= 11 is 0. The summed E-state index contributed by atoms with van der Waals surface area (Å²) in [6.07, 6.45) is 2.94. The highest BCUT2D eigenvalue weighted by Crippen LogP contribution is 2.05. The fraction of sp³-hybridized carbons (Fsp3) is 0.667. The number of hydrogen-bond acceptors (Lipinski definition) is 3. The molecule has 0 bridgehead atoms. The van der Waals surface area contributed by atoms with Crippen LogP contribution in [0.15, 0.2) is 4.79 Å². The molecule has 1 aromatic rings. The molecule has 1 heterocycles. The molecule has 0 aliphatic carbocycles. The maximum atomic E-state index is 11.7. The van der Waals surface area contributed by atoms with E-state index in [0.717, 1.165) is 37.1 Å². The van der Waals surface area contributed by atoms with Gasteiger partial charge in [0.25, 0.3) is 5.56 Å². The number of aryl methyl sites for hydroxylation is 1. The summed E-state index contributed by atoms with van der Waals surface area (Å²) in [6, 6.07) is 0. The van der Waals surface area contributed by atoms with Crippen molar-refractivity contribution in [1.82, 2.24) is 9.97 Å². The van der Waals surface area contributed by atoms with E-state index < -0.39 is 0 Å². The van der Waals surface area contributed by atoms with E-state index in [1.807, 2.05) is 13.8 Å². The Labute approximate surface area is 97.5 Å².